The third-order valence-corrected chi connectivity index (χ3v) is 2.59. The third kappa shape index (κ3) is 3.21. The fourth-order valence-corrected chi connectivity index (χ4v) is 1.56. The van der Waals surface area contributed by atoms with Crippen LogP contribution in [0.5, 0.6) is 5.75 Å². The Morgan fingerprint density at radius 1 is 1.29 bits per heavy atom. The Hall–Kier alpha value is -2.04. The number of benzene rings is 1. The van der Waals surface area contributed by atoms with E-state index in [2.05, 4.69) is 5.32 Å². The molecule has 1 aromatic carbocycles. The molecule has 0 spiro atoms. The minimum Gasteiger partial charge on any atom is -0.480 e. The minimum absolute atomic E-state index is 0.0378. The van der Waals surface area contributed by atoms with Crippen molar-refractivity contribution in [2.24, 2.45) is 5.92 Å². The molecule has 1 amide bonds. The number of hydrogen-bond acceptors (Lipinski definition) is 3. The number of carboxylic acid groups (broad SMARTS) is 1. The molecule has 2 rings (SSSR count). The number of hydrogen-bond donors (Lipinski definition) is 2. The highest BCUT2D eigenvalue weighted by Gasteiger charge is 2.37. The van der Waals surface area contributed by atoms with Crippen LogP contribution in [0.1, 0.15) is 12.8 Å². The molecule has 90 valence electrons. The third-order valence-electron chi connectivity index (χ3n) is 2.59. The number of rotatable bonds is 4. The first-order valence-corrected chi connectivity index (χ1v) is 5.43. The number of aliphatic carboxylic acids is 1. The van der Waals surface area contributed by atoms with Gasteiger partial charge < -0.3 is 15.2 Å². The number of nitrogens with one attached hydrogen (secondary N) is 1. The maximum Gasteiger partial charge on any atom is 0.413 e. The summed E-state index contributed by atoms with van der Waals surface area (Å²) in [6.45, 7) is 0. The fraction of sp³-hybridized carbons (Fsp3) is 0.333. The lowest BCUT2D eigenvalue weighted by molar-refractivity contribution is -0.139. The molecule has 1 aliphatic rings. The lowest BCUT2D eigenvalue weighted by Crippen LogP contribution is -2.43. The van der Waals surface area contributed by atoms with E-state index < -0.39 is 18.1 Å². The van der Waals surface area contributed by atoms with E-state index in [1.807, 2.05) is 0 Å². The van der Waals surface area contributed by atoms with Crippen LogP contribution in [0.25, 0.3) is 0 Å². The molecule has 0 bridgehead atoms. The lowest BCUT2D eigenvalue weighted by atomic mass is 10.2. The SMILES string of the molecule is O=C(NC(C(=O)O)C1CC1)Oc1ccccc1. The van der Waals surface area contributed by atoms with Crippen molar-refractivity contribution in [3.63, 3.8) is 0 Å². The van der Waals surface area contributed by atoms with E-state index in [1.165, 1.54) is 0 Å². The summed E-state index contributed by atoms with van der Waals surface area (Å²) in [5, 5.41) is 11.3. The number of carbonyl (C=O) groups excluding carboxylic acids is 1. The van der Waals surface area contributed by atoms with Gasteiger partial charge in [0.15, 0.2) is 0 Å². The van der Waals surface area contributed by atoms with Crippen molar-refractivity contribution >= 4 is 12.1 Å². The monoisotopic (exact) mass is 235 g/mol. The van der Waals surface area contributed by atoms with Gasteiger partial charge in [0.2, 0.25) is 0 Å². The van der Waals surface area contributed by atoms with Crippen LogP contribution in [-0.2, 0) is 4.79 Å². The summed E-state index contributed by atoms with van der Waals surface area (Å²) in [4.78, 5) is 22.4. The molecule has 5 nitrogen and oxygen atoms in total. The molecule has 1 fully saturated rings. The van der Waals surface area contributed by atoms with Crippen molar-refractivity contribution in [2.75, 3.05) is 0 Å². The van der Waals surface area contributed by atoms with Gasteiger partial charge in [-0.2, -0.15) is 0 Å². The maximum absolute atomic E-state index is 11.5. The van der Waals surface area contributed by atoms with Crippen LogP contribution in [-0.4, -0.2) is 23.2 Å². The average Bonchev–Trinajstić information content (AvgIpc) is 3.11. The second-order valence-corrected chi connectivity index (χ2v) is 4.00. The van der Waals surface area contributed by atoms with Gasteiger partial charge in [-0.1, -0.05) is 18.2 Å². The van der Waals surface area contributed by atoms with Gasteiger partial charge >= 0.3 is 12.1 Å². The van der Waals surface area contributed by atoms with Gasteiger partial charge in [0.1, 0.15) is 11.8 Å². The van der Waals surface area contributed by atoms with Crippen molar-refractivity contribution in [3.8, 4) is 5.75 Å². The predicted octanol–water partition coefficient (Wildman–Crippen LogP) is 1.64. The average molecular weight is 235 g/mol. The molecule has 0 radical (unpaired) electrons. The van der Waals surface area contributed by atoms with Crippen molar-refractivity contribution in [1.29, 1.82) is 0 Å². The highest BCUT2D eigenvalue weighted by molar-refractivity contribution is 5.81. The highest BCUT2D eigenvalue weighted by atomic mass is 16.6. The normalized spacial score (nSPS) is 16.0. The topological polar surface area (TPSA) is 75.6 Å². The van der Waals surface area contributed by atoms with Gasteiger partial charge in [0.25, 0.3) is 0 Å². The highest BCUT2D eigenvalue weighted by Crippen LogP contribution is 2.32. The Balaban J connectivity index is 1.90. The zero-order valence-corrected chi connectivity index (χ0v) is 9.13. The van der Waals surface area contributed by atoms with E-state index in [1.54, 1.807) is 30.3 Å². The molecule has 1 unspecified atom stereocenters. The Bertz CT molecular complexity index is 414. The van der Waals surface area contributed by atoms with Crippen molar-refractivity contribution in [3.05, 3.63) is 30.3 Å². The minimum atomic E-state index is -1.02. The Labute approximate surface area is 98.4 Å². The summed E-state index contributed by atoms with van der Waals surface area (Å²) in [5.74, 6) is -0.585. The Kier molecular flexibility index (Phi) is 3.27. The standard InChI is InChI=1S/C12H13NO4/c14-11(15)10(8-6-7-8)13-12(16)17-9-4-2-1-3-5-9/h1-5,8,10H,6-7H2,(H,13,16)(H,14,15). The molecule has 5 heteroatoms. The second kappa shape index (κ2) is 4.86. The summed E-state index contributed by atoms with van der Waals surface area (Å²) in [6, 6.07) is 7.69. The Morgan fingerprint density at radius 2 is 1.94 bits per heavy atom. The van der Waals surface area contributed by atoms with Crippen molar-refractivity contribution in [2.45, 2.75) is 18.9 Å². The fourth-order valence-electron chi connectivity index (χ4n) is 1.56. The Morgan fingerprint density at radius 3 is 2.47 bits per heavy atom. The summed E-state index contributed by atoms with van der Waals surface area (Å²) in [7, 11) is 0. The molecule has 1 saturated carbocycles. The number of carboxylic acids is 1. The van der Waals surface area contributed by atoms with Gasteiger partial charge in [0.05, 0.1) is 0 Å². The largest absolute Gasteiger partial charge is 0.480 e. The molecule has 1 atom stereocenters. The summed E-state index contributed by atoms with van der Waals surface area (Å²) in [5.41, 5.74) is 0. The summed E-state index contributed by atoms with van der Waals surface area (Å²) in [6.07, 6.45) is 0.945. The van der Waals surface area contributed by atoms with E-state index in [9.17, 15) is 9.59 Å². The predicted molar refractivity (Wildman–Crippen MR) is 59.7 cm³/mol. The van der Waals surface area contributed by atoms with Crippen LogP contribution in [0.15, 0.2) is 30.3 Å². The van der Waals surface area contributed by atoms with Crippen molar-refractivity contribution < 1.29 is 19.4 Å². The van der Waals surface area contributed by atoms with Crippen LogP contribution in [0.2, 0.25) is 0 Å². The molecule has 0 heterocycles. The first-order valence-electron chi connectivity index (χ1n) is 5.43. The number of amides is 1. The number of carbonyl (C=O) groups is 2. The van der Waals surface area contributed by atoms with Gasteiger partial charge in [0, 0.05) is 0 Å². The van der Waals surface area contributed by atoms with Gasteiger partial charge in [-0.05, 0) is 30.9 Å². The summed E-state index contributed by atoms with van der Waals surface area (Å²) >= 11 is 0. The van der Waals surface area contributed by atoms with Crippen LogP contribution < -0.4 is 10.1 Å². The van der Waals surface area contributed by atoms with E-state index >= 15 is 0 Å². The smallest absolute Gasteiger partial charge is 0.413 e. The zero-order chi connectivity index (χ0) is 12.3. The van der Waals surface area contributed by atoms with E-state index in [0.29, 0.717) is 5.75 Å². The molecule has 1 aliphatic carbocycles. The van der Waals surface area contributed by atoms with Gasteiger partial charge in [-0.25, -0.2) is 9.59 Å². The molecule has 0 aliphatic heterocycles. The molecular weight excluding hydrogens is 222 g/mol. The summed E-state index contributed by atoms with van der Waals surface area (Å²) < 4.78 is 4.96. The molecule has 0 aromatic heterocycles. The van der Waals surface area contributed by atoms with Crippen LogP contribution >= 0.6 is 0 Å². The first kappa shape index (κ1) is 11.4. The molecule has 1 aromatic rings. The number of para-hydroxylation sites is 1. The molecule has 0 saturated heterocycles. The van der Waals surface area contributed by atoms with Crippen LogP contribution in [0, 0.1) is 5.92 Å². The number of ether oxygens (including phenoxy) is 1. The van der Waals surface area contributed by atoms with Crippen LogP contribution in [0.4, 0.5) is 4.79 Å². The molecule has 2 N–H and O–H groups in total. The van der Waals surface area contributed by atoms with Crippen molar-refractivity contribution in [1.82, 2.24) is 5.32 Å². The lowest BCUT2D eigenvalue weighted by Gasteiger charge is -2.13. The van der Waals surface area contributed by atoms with Gasteiger partial charge in [-0.3, -0.25) is 0 Å². The van der Waals surface area contributed by atoms with E-state index in [0.717, 1.165) is 12.8 Å². The molecule has 17 heavy (non-hydrogen) atoms. The zero-order valence-electron chi connectivity index (χ0n) is 9.13. The van der Waals surface area contributed by atoms with E-state index in [4.69, 9.17) is 9.84 Å². The van der Waals surface area contributed by atoms with Gasteiger partial charge in [-0.15, -0.1) is 0 Å². The second-order valence-electron chi connectivity index (χ2n) is 4.00. The molecular formula is C12H13NO4. The quantitative estimate of drug-likeness (QED) is 0.831. The van der Waals surface area contributed by atoms with E-state index in [-0.39, 0.29) is 5.92 Å². The first-order chi connectivity index (χ1) is 8.16. The maximum atomic E-state index is 11.5. The van der Waals surface area contributed by atoms with Crippen LogP contribution in [0.3, 0.4) is 0 Å².